The van der Waals surface area contributed by atoms with Crippen LogP contribution in [0.1, 0.15) is 36.7 Å². The van der Waals surface area contributed by atoms with Gasteiger partial charge in [-0.15, -0.1) is 0 Å². The van der Waals surface area contributed by atoms with Crippen molar-refractivity contribution in [3.63, 3.8) is 0 Å². The van der Waals surface area contributed by atoms with Gasteiger partial charge in [-0.2, -0.15) is 13.2 Å². The molecule has 1 heterocycles. The van der Waals surface area contributed by atoms with E-state index in [1.807, 2.05) is 6.92 Å². The number of nitrogens with zero attached hydrogens (tertiary/aromatic N) is 2. The number of halogens is 3. The lowest BCUT2D eigenvalue weighted by Gasteiger charge is -2.16. The van der Waals surface area contributed by atoms with E-state index >= 15 is 0 Å². The van der Waals surface area contributed by atoms with Gasteiger partial charge in [-0.3, -0.25) is 0 Å². The fourth-order valence-corrected chi connectivity index (χ4v) is 2.16. The number of aryl methyl sites for hydroxylation is 1. The maximum absolute atomic E-state index is 13.3. The van der Waals surface area contributed by atoms with E-state index in [0.717, 1.165) is 6.42 Å². The van der Waals surface area contributed by atoms with Crippen LogP contribution in [-0.2, 0) is 19.2 Å². The van der Waals surface area contributed by atoms with Gasteiger partial charge < -0.3 is 10.5 Å². The molecule has 0 fully saturated rings. The summed E-state index contributed by atoms with van der Waals surface area (Å²) < 4.78 is 45.2. The normalized spacial score (nSPS) is 11.5. The highest BCUT2D eigenvalue weighted by Gasteiger charge is 2.37. The van der Waals surface area contributed by atoms with Gasteiger partial charge in [-0.1, -0.05) is 31.5 Å². The van der Waals surface area contributed by atoms with E-state index in [2.05, 4.69) is 9.97 Å². The van der Waals surface area contributed by atoms with Crippen LogP contribution in [0.5, 0.6) is 5.75 Å². The molecule has 0 unspecified atom stereocenters. The molecule has 1 aromatic heterocycles. The number of alkyl halides is 3. The zero-order chi connectivity index (χ0) is 16.9. The van der Waals surface area contributed by atoms with Gasteiger partial charge >= 0.3 is 6.18 Å². The predicted octanol–water partition coefficient (Wildman–Crippen LogP) is 4.00. The first kappa shape index (κ1) is 17.1. The SMILES string of the molecule is CCCCc1nc(N)nc(C(F)(F)F)c1COc1ccccc1. The molecule has 0 radical (unpaired) electrons. The minimum absolute atomic E-state index is 0.0518. The Hall–Kier alpha value is -2.31. The first-order chi connectivity index (χ1) is 10.9. The van der Waals surface area contributed by atoms with Crippen LogP contribution in [0.2, 0.25) is 0 Å². The van der Waals surface area contributed by atoms with E-state index in [4.69, 9.17) is 10.5 Å². The van der Waals surface area contributed by atoms with Crippen molar-refractivity contribution in [3.05, 3.63) is 47.3 Å². The van der Waals surface area contributed by atoms with Crippen molar-refractivity contribution in [3.8, 4) is 5.75 Å². The summed E-state index contributed by atoms with van der Waals surface area (Å²) >= 11 is 0. The summed E-state index contributed by atoms with van der Waals surface area (Å²) in [5.41, 5.74) is 4.66. The molecule has 0 aliphatic carbocycles. The first-order valence-corrected chi connectivity index (χ1v) is 7.32. The van der Waals surface area contributed by atoms with Crippen molar-refractivity contribution in [2.45, 2.75) is 39.0 Å². The average Bonchev–Trinajstić information content (AvgIpc) is 2.51. The fourth-order valence-electron chi connectivity index (χ4n) is 2.16. The van der Waals surface area contributed by atoms with E-state index in [1.54, 1.807) is 30.3 Å². The standard InChI is InChI=1S/C16H18F3N3O/c1-2-3-9-13-12(10-23-11-7-5-4-6-8-11)14(16(17,18)19)22-15(20)21-13/h4-8H,2-3,9-10H2,1H3,(H2,20,21,22). The number of aromatic nitrogens is 2. The van der Waals surface area contributed by atoms with Crippen LogP contribution >= 0.6 is 0 Å². The Morgan fingerprint density at radius 1 is 1.13 bits per heavy atom. The third kappa shape index (κ3) is 4.58. The topological polar surface area (TPSA) is 61.0 Å². The number of benzene rings is 1. The number of anilines is 1. The molecule has 0 bridgehead atoms. The molecule has 1 aromatic carbocycles. The lowest BCUT2D eigenvalue weighted by molar-refractivity contribution is -0.142. The van der Waals surface area contributed by atoms with Gasteiger partial charge in [0.1, 0.15) is 12.4 Å². The van der Waals surface area contributed by atoms with Crippen LogP contribution < -0.4 is 10.5 Å². The Kier molecular flexibility index (Phi) is 5.41. The summed E-state index contributed by atoms with van der Waals surface area (Å²) in [6.07, 6.45) is -2.65. The largest absolute Gasteiger partial charge is 0.489 e. The van der Waals surface area contributed by atoms with Gasteiger partial charge in [0.2, 0.25) is 5.95 Å². The second kappa shape index (κ2) is 7.30. The van der Waals surface area contributed by atoms with Gasteiger partial charge in [0.15, 0.2) is 5.69 Å². The van der Waals surface area contributed by atoms with E-state index in [1.165, 1.54) is 0 Å². The number of ether oxygens (including phenoxy) is 1. The van der Waals surface area contributed by atoms with Gasteiger partial charge in [0.25, 0.3) is 0 Å². The van der Waals surface area contributed by atoms with Crippen molar-refractivity contribution in [2.24, 2.45) is 0 Å². The van der Waals surface area contributed by atoms with Crippen LogP contribution in [0.3, 0.4) is 0 Å². The molecule has 2 aromatic rings. The second-order valence-corrected chi connectivity index (χ2v) is 5.06. The van der Waals surface area contributed by atoms with Crippen molar-refractivity contribution in [1.29, 1.82) is 0 Å². The molecule has 0 atom stereocenters. The van der Waals surface area contributed by atoms with Gasteiger partial charge in [0.05, 0.1) is 5.69 Å². The first-order valence-electron chi connectivity index (χ1n) is 7.32. The van der Waals surface area contributed by atoms with Gasteiger partial charge in [-0.25, -0.2) is 9.97 Å². The quantitative estimate of drug-likeness (QED) is 0.872. The number of rotatable bonds is 6. The second-order valence-electron chi connectivity index (χ2n) is 5.06. The molecule has 124 valence electrons. The van der Waals surface area contributed by atoms with Crippen molar-refractivity contribution in [1.82, 2.24) is 9.97 Å². The fraction of sp³-hybridized carbons (Fsp3) is 0.375. The number of nitrogens with two attached hydrogens (primary N) is 1. The number of hydrogen-bond donors (Lipinski definition) is 1. The monoisotopic (exact) mass is 325 g/mol. The van der Waals surface area contributed by atoms with Crippen molar-refractivity contribution in [2.75, 3.05) is 5.73 Å². The number of unbranched alkanes of at least 4 members (excludes halogenated alkanes) is 1. The molecule has 4 nitrogen and oxygen atoms in total. The molecule has 0 saturated carbocycles. The van der Waals surface area contributed by atoms with Crippen LogP contribution in [0, 0.1) is 0 Å². The van der Waals surface area contributed by atoms with E-state index in [0.29, 0.717) is 24.3 Å². The molecule has 0 aliphatic heterocycles. The summed E-state index contributed by atoms with van der Waals surface area (Å²) in [4.78, 5) is 7.37. The average molecular weight is 325 g/mol. The zero-order valence-corrected chi connectivity index (χ0v) is 12.7. The Bertz CT molecular complexity index is 645. The molecular weight excluding hydrogens is 307 g/mol. The van der Waals surface area contributed by atoms with E-state index < -0.39 is 11.9 Å². The molecule has 0 amide bonds. The molecule has 23 heavy (non-hydrogen) atoms. The number of hydrogen-bond acceptors (Lipinski definition) is 4. The summed E-state index contributed by atoms with van der Waals surface area (Å²) in [6, 6.07) is 8.65. The predicted molar refractivity (Wildman–Crippen MR) is 80.8 cm³/mol. The Morgan fingerprint density at radius 2 is 1.83 bits per heavy atom. The smallest absolute Gasteiger partial charge is 0.433 e. The molecule has 7 heteroatoms. The lowest BCUT2D eigenvalue weighted by atomic mass is 10.1. The third-order valence-corrected chi connectivity index (χ3v) is 3.27. The highest BCUT2D eigenvalue weighted by atomic mass is 19.4. The third-order valence-electron chi connectivity index (χ3n) is 3.27. The van der Waals surface area contributed by atoms with E-state index in [9.17, 15) is 13.2 Å². The van der Waals surface area contributed by atoms with E-state index in [-0.39, 0.29) is 18.1 Å². The molecule has 2 rings (SSSR count). The maximum atomic E-state index is 13.3. The molecular formula is C16H18F3N3O. The van der Waals surface area contributed by atoms with Crippen LogP contribution in [0.4, 0.5) is 19.1 Å². The summed E-state index contributed by atoms with van der Waals surface area (Å²) in [7, 11) is 0. The number of para-hydroxylation sites is 1. The Morgan fingerprint density at radius 3 is 2.43 bits per heavy atom. The Balaban J connectivity index is 2.36. The molecule has 0 aliphatic rings. The summed E-state index contributed by atoms with van der Waals surface area (Å²) in [6.45, 7) is 1.70. The number of nitrogen functional groups attached to an aromatic ring is 1. The molecule has 2 N–H and O–H groups in total. The highest BCUT2D eigenvalue weighted by molar-refractivity contribution is 5.34. The van der Waals surface area contributed by atoms with Crippen molar-refractivity contribution < 1.29 is 17.9 Å². The van der Waals surface area contributed by atoms with Crippen LogP contribution in [0.15, 0.2) is 30.3 Å². The minimum atomic E-state index is -4.60. The van der Waals surface area contributed by atoms with Crippen molar-refractivity contribution >= 4 is 5.95 Å². The molecule has 0 spiro atoms. The lowest BCUT2D eigenvalue weighted by Crippen LogP contribution is -2.19. The maximum Gasteiger partial charge on any atom is 0.433 e. The minimum Gasteiger partial charge on any atom is -0.489 e. The van der Waals surface area contributed by atoms with Gasteiger partial charge in [-0.05, 0) is 25.0 Å². The summed E-state index contributed by atoms with van der Waals surface area (Å²) in [5.74, 6) is 0.116. The van der Waals surface area contributed by atoms with Crippen LogP contribution in [0.25, 0.3) is 0 Å². The zero-order valence-electron chi connectivity index (χ0n) is 12.7. The van der Waals surface area contributed by atoms with Crippen LogP contribution in [-0.4, -0.2) is 9.97 Å². The highest BCUT2D eigenvalue weighted by Crippen LogP contribution is 2.33. The van der Waals surface area contributed by atoms with Gasteiger partial charge in [0, 0.05) is 5.56 Å². The molecule has 0 saturated heterocycles. The summed E-state index contributed by atoms with van der Waals surface area (Å²) in [5, 5.41) is 0. The Labute approximate surface area is 132 Å².